The molecule has 1 amide bonds. The first-order valence-electron chi connectivity index (χ1n) is 12.6. The highest BCUT2D eigenvalue weighted by Gasteiger charge is 2.57. The van der Waals surface area contributed by atoms with Crippen molar-refractivity contribution in [2.45, 2.75) is 44.6 Å². The lowest BCUT2D eigenvalue weighted by Crippen LogP contribution is -2.45. The fraction of sp³-hybridized carbons (Fsp3) is 0.276. The minimum atomic E-state index is -1.07. The Morgan fingerprint density at radius 3 is 2.42 bits per heavy atom. The molecule has 4 atom stereocenters. The van der Waals surface area contributed by atoms with Crippen LogP contribution in [0.25, 0.3) is 11.2 Å². The molecule has 5 rings (SSSR count). The molecule has 1 fully saturated rings. The Morgan fingerprint density at radius 2 is 1.76 bits per heavy atom. The minimum Gasteiger partial charge on any atom is -0.450 e. The number of nitrogens with zero attached hydrogens (tertiary/aromatic N) is 4. The second-order valence-electron chi connectivity index (χ2n) is 9.29. The van der Waals surface area contributed by atoms with Crippen molar-refractivity contribution >= 4 is 28.9 Å². The van der Waals surface area contributed by atoms with Gasteiger partial charge in [0.15, 0.2) is 28.8 Å². The zero-order valence-corrected chi connectivity index (χ0v) is 21.3. The van der Waals surface area contributed by atoms with Gasteiger partial charge in [-0.25, -0.2) is 19.7 Å². The molecule has 1 aliphatic heterocycles. The summed E-state index contributed by atoms with van der Waals surface area (Å²) in [6.07, 6.45) is 4.85. The maximum atomic E-state index is 13.3. The SMILES string of the molecule is C=CC[C@]1(OC(=O)c2ccccc2)C(n2cnc3c(NC(=O)c4ccccc4)ncnc32)O[C@H](CC)[C@H]1C. The first kappa shape index (κ1) is 25.3. The van der Waals surface area contributed by atoms with Crippen LogP contribution in [0.3, 0.4) is 0 Å². The van der Waals surface area contributed by atoms with Crippen LogP contribution in [0, 0.1) is 5.92 Å². The van der Waals surface area contributed by atoms with E-state index < -0.39 is 17.8 Å². The van der Waals surface area contributed by atoms with Crippen LogP contribution in [-0.4, -0.2) is 43.1 Å². The normalized spacial score (nSPS) is 22.7. The van der Waals surface area contributed by atoms with Crippen LogP contribution < -0.4 is 5.32 Å². The van der Waals surface area contributed by atoms with E-state index in [4.69, 9.17) is 9.47 Å². The van der Waals surface area contributed by atoms with Gasteiger partial charge >= 0.3 is 5.97 Å². The van der Waals surface area contributed by atoms with E-state index >= 15 is 0 Å². The number of hydrogen-bond acceptors (Lipinski definition) is 7. The van der Waals surface area contributed by atoms with E-state index in [1.807, 2.05) is 26.0 Å². The number of esters is 1. The second kappa shape index (κ2) is 10.5. The van der Waals surface area contributed by atoms with Gasteiger partial charge in [0.2, 0.25) is 0 Å². The highest BCUT2D eigenvalue weighted by Crippen LogP contribution is 2.49. The predicted molar refractivity (Wildman–Crippen MR) is 142 cm³/mol. The summed E-state index contributed by atoms with van der Waals surface area (Å²) in [5.74, 6) is -0.634. The Balaban J connectivity index is 1.55. The Morgan fingerprint density at radius 1 is 1.08 bits per heavy atom. The zero-order valence-electron chi connectivity index (χ0n) is 21.3. The molecule has 9 heteroatoms. The molecule has 1 aliphatic rings. The summed E-state index contributed by atoms with van der Waals surface area (Å²) in [5.41, 5.74) is 0.721. The van der Waals surface area contributed by atoms with Crippen molar-refractivity contribution in [3.63, 3.8) is 0 Å². The molecule has 2 aromatic carbocycles. The monoisotopic (exact) mass is 511 g/mol. The molecule has 194 valence electrons. The third-order valence-corrected chi connectivity index (χ3v) is 7.09. The van der Waals surface area contributed by atoms with Gasteiger partial charge in [-0.2, -0.15) is 0 Å². The molecule has 0 spiro atoms. The van der Waals surface area contributed by atoms with Crippen LogP contribution in [0.4, 0.5) is 5.82 Å². The van der Waals surface area contributed by atoms with Crippen LogP contribution in [0.5, 0.6) is 0 Å². The molecule has 1 N–H and O–H groups in total. The maximum absolute atomic E-state index is 13.3. The van der Waals surface area contributed by atoms with E-state index in [9.17, 15) is 9.59 Å². The molecule has 9 nitrogen and oxygen atoms in total. The van der Waals surface area contributed by atoms with Crippen molar-refractivity contribution in [3.05, 3.63) is 97.1 Å². The van der Waals surface area contributed by atoms with Crippen molar-refractivity contribution in [2.24, 2.45) is 5.92 Å². The van der Waals surface area contributed by atoms with Gasteiger partial charge < -0.3 is 14.8 Å². The van der Waals surface area contributed by atoms with Gasteiger partial charge in [-0.3, -0.25) is 9.36 Å². The van der Waals surface area contributed by atoms with E-state index in [0.717, 1.165) is 6.42 Å². The number of carbonyl (C=O) groups is 2. The van der Waals surface area contributed by atoms with Gasteiger partial charge in [-0.05, 0) is 30.7 Å². The average molecular weight is 512 g/mol. The minimum absolute atomic E-state index is 0.153. The van der Waals surface area contributed by atoms with Gasteiger partial charge in [0.25, 0.3) is 5.91 Å². The molecule has 3 heterocycles. The third-order valence-electron chi connectivity index (χ3n) is 7.09. The van der Waals surface area contributed by atoms with Crippen LogP contribution in [0.15, 0.2) is 86.0 Å². The lowest BCUT2D eigenvalue weighted by molar-refractivity contribution is -0.103. The number of imidazole rings is 1. The standard InChI is InChI=1S/C29H29N5O4/c1-4-16-29(38-27(36)21-14-10-7-11-15-21)19(3)22(5-2)37-28(29)34-18-32-23-24(30-17-31-25(23)34)33-26(35)20-12-8-6-9-13-20/h4,6-15,17-19,22,28H,1,5,16H2,2-3H3,(H,30,31,33,35)/t19-,22-,28?,29-/m1/s1. The van der Waals surface area contributed by atoms with E-state index in [0.29, 0.717) is 28.7 Å². The van der Waals surface area contributed by atoms with Gasteiger partial charge in [-0.1, -0.05) is 56.3 Å². The molecule has 0 aliphatic carbocycles. The number of carbonyl (C=O) groups excluding carboxylic acids is 2. The van der Waals surface area contributed by atoms with Gasteiger partial charge in [0.1, 0.15) is 6.33 Å². The molecular weight excluding hydrogens is 482 g/mol. The van der Waals surface area contributed by atoms with E-state index in [-0.39, 0.29) is 23.7 Å². The third kappa shape index (κ3) is 4.45. The maximum Gasteiger partial charge on any atom is 0.338 e. The van der Waals surface area contributed by atoms with Crippen molar-refractivity contribution in [2.75, 3.05) is 5.32 Å². The van der Waals surface area contributed by atoms with Gasteiger partial charge in [-0.15, -0.1) is 6.58 Å². The predicted octanol–water partition coefficient (Wildman–Crippen LogP) is 5.19. The summed E-state index contributed by atoms with van der Waals surface area (Å²) >= 11 is 0. The number of aromatic nitrogens is 4. The number of benzene rings is 2. The molecule has 1 unspecified atom stereocenters. The van der Waals surface area contributed by atoms with Crippen molar-refractivity contribution in [1.29, 1.82) is 0 Å². The summed E-state index contributed by atoms with van der Waals surface area (Å²) in [7, 11) is 0. The topological polar surface area (TPSA) is 108 Å². The highest BCUT2D eigenvalue weighted by molar-refractivity contribution is 6.06. The number of nitrogens with one attached hydrogen (secondary N) is 1. The second-order valence-corrected chi connectivity index (χ2v) is 9.29. The highest BCUT2D eigenvalue weighted by atomic mass is 16.6. The summed E-state index contributed by atoms with van der Waals surface area (Å²) in [4.78, 5) is 39.3. The Bertz CT molecular complexity index is 1460. The summed E-state index contributed by atoms with van der Waals surface area (Å²) in [6, 6.07) is 17.7. The molecule has 1 saturated heterocycles. The number of amides is 1. The van der Waals surface area contributed by atoms with Gasteiger partial charge in [0, 0.05) is 17.9 Å². The number of ether oxygens (including phenoxy) is 2. The fourth-order valence-electron chi connectivity index (χ4n) is 5.08. The van der Waals surface area contributed by atoms with Crippen LogP contribution in [0.2, 0.25) is 0 Å². The molecule has 0 saturated carbocycles. The lowest BCUT2D eigenvalue weighted by atomic mass is 9.82. The number of fused-ring (bicyclic) bond motifs is 1. The number of hydrogen-bond donors (Lipinski definition) is 1. The fourth-order valence-corrected chi connectivity index (χ4v) is 5.08. The molecule has 38 heavy (non-hydrogen) atoms. The summed E-state index contributed by atoms with van der Waals surface area (Å²) in [5, 5.41) is 2.83. The van der Waals surface area contributed by atoms with E-state index in [2.05, 4.69) is 26.8 Å². The zero-order chi connectivity index (χ0) is 26.7. The molecule has 0 bridgehead atoms. The Hall–Kier alpha value is -4.37. The van der Waals surface area contributed by atoms with Crippen LogP contribution in [0.1, 0.15) is 53.6 Å². The van der Waals surface area contributed by atoms with Crippen molar-refractivity contribution < 1.29 is 19.1 Å². The first-order chi connectivity index (χ1) is 18.5. The van der Waals surface area contributed by atoms with Crippen molar-refractivity contribution in [3.8, 4) is 0 Å². The first-order valence-corrected chi connectivity index (χ1v) is 12.6. The Kier molecular flexibility index (Phi) is 7.02. The molecule has 0 radical (unpaired) electrons. The van der Waals surface area contributed by atoms with E-state index in [1.54, 1.807) is 65.5 Å². The number of anilines is 1. The summed E-state index contributed by atoms with van der Waals surface area (Å²) in [6.45, 7) is 8.00. The summed E-state index contributed by atoms with van der Waals surface area (Å²) < 4.78 is 14.6. The number of rotatable bonds is 8. The average Bonchev–Trinajstić information content (AvgIpc) is 3.49. The quantitative estimate of drug-likeness (QED) is 0.256. The Labute approximate surface area is 220 Å². The van der Waals surface area contributed by atoms with Crippen LogP contribution >= 0.6 is 0 Å². The molecular formula is C29H29N5O4. The smallest absolute Gasteiger partial charge is 0.338 e. The van der Waals surface area contributed by atoms with Crippen LogP contribution in [-0.2, 0) is 9.47 Å². The molecule has 2 aromatic heterocycles. The lowest BCUT2D eigenvalue weighted by Gasteiger charge is -2.36. The van der Waals surface area contributed by atoms with E-state index in [1.165, 1.54) is 6.33 Å². The largest absolute Gasteiger partial charge is 0.450 e. The van der Waals surface area contributed by atoms with Crippen molar-refractivity contribution in [1.82, 2.24) is 19.5 Å². The molecule has 4 aromatic rings. The van der Waals surface area contributed by atoms with Gasteiger partial charge in [0.05, 0.1) is 18.0 Å².